The number of likely N-dealkylation sites (N-methyl/N-ethyl adjacent to an activating group) is 1. The smallest absolute Gasteiger partial charge is 0.241 e. The minimum atomic E-state index is -0.279. The van der Waals surface area contributed by atoms with E-state index in [1.807, 2.05) is 0 Å². The Balaban J connectivity index is 2.69. The molecule has 1 amide bonds. The minimum absolute atomic E-state index is 0.0510. The molecule has 5 nitrogen and oxygen atoms in total. The molecule has 0 fully saturated rings. The first-order valence-corrected chi connectivity index (χ1v) is 7.36. The standard InChI is InChI=1S/C16H25FN4O/c1-12(2)9-18-16(20-11-15(22)21(3)4)19-10-13-7-5-6-8-14(13)17/h5-8,12H,9-11H2,1-4H3,(H2,18,19,20). The van der Waals surface area contributed by atoms with E-state index in [9.17, 15) is 9.18 Å². The van der Waals surface area contributed by atoms with Gasteiger partial charge >= 0.3 is 0 Å². The summed E-state index contributed by atoms with van der Waals surface area (Å²) in [4.78, 5) is 17.5. The predicted octanol–water partition coefficient (Wildman–Crippen LogP) is 1.61. The fourth-order valence-electron chi connectivity index (χ4n) is 1.58. The van der Waals surface area contributed by atoms with Crippen molar-refractivity contribution in [1.29, 1.82) is 0 Å². The summed E-state index contributed by atoms with van der Waals surface area (Å²) >= 11 is 0. The molecule has 0 aromatic heterocycles. The summed E-state index contributed by atoms with van der Waals surface area (Å²) < 4.78 is 13.6. The summed E-state index contributed by atoms with van der Waals surface area (Å²) in [5.41, 5.74) is 0.520. The first-order valence-electron chi connectivity index (χ1n) is 7.36. The molecule has 0 unspecified atom stereocenters. The minimum Gasteiger partial charge on any atom is -0.356 e. The van der Waals surface area contributed by atoms with E-state index < -0.39 is 0 Å². The largest absolute Gasteiger partial charge is 0.356 e. The Hall–Kier alpha value is -2.11. The molecule has 0 aliphatic rings. The van der Waals surface area contributed by atoms with Crippen molar-refractivity contribution in [3.05, 3.63) is 35.6 Å². The summed E-state index contributed by atoms with van der Waals surface area (Å²) in [6.07, 6.45) is 0. The molecule has 0 heterocycles. The second kappa shape index (κ2) is 9.02. The number of aliphatic imine (C=N–C) groups is 1. The topological polar surface area (TPSA) is 56.7 Å². The van der Waals surface area contributed by atoms with E-state index in [4.69, 9.17) is 0 Å². The lowest BCUT2D eigenvalue weighted by Crippen LogP contribution is -2.44. The Morgan fingerprint density at radius 3 is 2.55 bits per heavy atom. The van der Waals surface area contributed by atoms with E-state index in [1.54, 1.807) is 32.3 Å². The highest BCUT2D eigenvalue weighted by Crippen LogP contribution is 2.07. The van der Waals surface area contributed by atoms with Crippen molar-refractivity contribution >= 4 is 11.9 Å². The van der Waals surface area contributed by atoms with E-state index in [-0.39, 0.29) is 24.8 Å². The first kappa shape index (κ1) is 17.9. The molecular weight excluding hydrogens is 283 g/mol. The van der Waals surface area contributed by atoms with E-state index in [2.05, 4.69) is 29.5 Å². The highest BCUT2D eigenvalue weighted by Gasteiger charge is 2.07. The van der Waals surface area contributed by atoms with Crippen molar-refractivity contribution in [2.75, 3.05) is 27.2 Å². The number of halogens is 1. The summed E-state index contributed by atoms with van der Waals surface area (Å²) in [6.45, 7) is 5.24. The number of hydrogen-bond acceptors (Lipinski definition) is 2. The van der Waals surface area contributed by atoms with Crippen LogP contribution in [0, 0.1) is 11.7 Å². The highest BCUT2D eigenvalue weighted by molar-refractivity contribution is 5.86. The lowest BCUT2D eigenvalue weighted by Gasteiger charge is -2.16. The molecule has 0 saturated carbocycles. The van der Waals surface area contributed by atoms with Gasteiger partial charge in [0.05, 0.1) is 13.1 Å². The Morgan fingerprint density at radius 2 is 1.95 bits per heavy atom. The van der Waals surface area contributed by atoms with Gasteiger partial charge < -0.3 is 15.5 Å². The third-order valence-corrected chi connectivity index (χ3v) is 2.95. The van der Waals surface area contributed by atoms with Crippen molar-refractivity contribution < 1.29 is 9.18 Å². The van der Waals surface area contributed by atoms with Gasteiger partial charge in [0.15, 0.2) is 5.96 Å². The summed E-state index contributed by atoms with van der Waals surface area (Å²) in [7, 11) is 3.39. The van der Waals surface area contributed by atoms with Crippen molar-refractivity contribution in [2.24, 2.45) is 10.9 Å². The number of carbonyl (C=O) groups is 1. The van der Waals surface area contributed by atoms with Gasteiger partial charge in [-0.2, -0.15) is 0 Å². The second-order valence-corrected chi connectivity index (χ2v) is 5.67. The highest BCUT2D eigenvalue weighted by atomic mass is 19.1. The predicted molar refractivity (Wildman–Crippen MR) is 87.1 cm³/mol. The van der Waals surface area contributed by atoms with Gasteiger partial charge in [-0.15, -0.1) is 0 Å². The number of hydrogen-bond donors (Lipinski definition) is 2. The maximum Gasteiger partial charge on any atom is 0.241 e. The number of nitrogens with zero attached hydrogens (tertiary/aromatic N) is 2. The quantitative estimate of drug-likeness (QED) is 0.620. The van der Waals surface area contributed by atoms with Crippen LogP contribution in [0.4, 0.5) is 4.39 Å². The molecule has 0 atom stereocenters. The van der Waals surface area contributed by atoms with Gasteiger partial charge in [0.1, 0.15) is 5.82 Å². The van der Waals surface area contributed by atoms with Crippen molar-refractivity contribution in [2.45, 2.75) is 20.4 Å². The zero-order valence-corrected chi connectivity index (χ0v) is 13.7. The van der Waals surface area contributed by atoms with Crippen LogP contribution in [0.2, 0.25) is 0 Å². The van der Waals surface area contributed by atoms with Gasteiger partial charge in [0, 0.05) is 26.2 Å². The van der Waals surface area contributed by atoms with Crippen LogP contribution in [0.1, 0.15) is 19.4 Å². The van der Waals surface area contributed by atoms with Crippen LogP contribution in [-0.4, -0.2) is 44.0 Å². The second-order valence-electron chi connectivity index (χ2n) is 5.67. The molecule has 6 heteroatoms. The maximum absolute atomic E-state index is 13.6. The number of nitrogens with one attached hydrogen (secondary N) is 2. The molecule has 1 rings (SSSR count). The Morgan fingerprint density at radius 1 is 1.27 bits per heavy atom. The van der Waals surface area contributed by atoms with Crippen molar-refractivity contribution in [1.82, 2.24) is 15.5 Å². The van der Waals surface area contributed by atoms with Gasteiger partial charge in [-0.3, -0.25) is 4.79 Å². The van der Waals surface area contributed by atoms with E-state index in [0.717, 1.165) is 6.54 Å². The molecular formula is C16H25FN4O. The number of benzene rings is 1. The maximum atomic E-state index is 13.6. The number of rotatable bonds is 6. The molecule has 2 N–H and O–H groups in total. The van der Waals surface area contributed by atoms with E-state index in [1.165, 1.54) is 11.0 Å². The summed E-state index contributed by atoms with van der Waals surface area (Å²) in [5, 5.41) is 6.12. The van der Waals surface area contributed by atoms with Gasteiger partial charge in [0.2, 0.25) is 5.91 Å². The Bertz CT molecular complexity index is 515. The zero-order chi connectivity index (χ0) is 16.5. The van der Waals surface area contributed by atoms with Crippen LogP contribution in [-0.2, 0) is 11.3 Å². The summed E-state index contributed by atoms with van der Waals surface area (Å²) in [6, 6.07) is 6.53. The van der Waals surface area contributed by atoms with E-state index >= 15 is 0 Å². The number of carbonyl (C=O) groups excluding carboxylic acids is 1. The lowest BCUT2D eigenvalue weighted by atomic mass is 10.2. The van der Waals surface area contributed by atoms with Crippen LogP contribution in [0.5, 0.6) is 0 Å². The first-order chi connectivity index (χ1) is 10.4. The monoisotopic (exact) mass is 308 g/mol. The molecule has 0 bridgehead atoms. The van der Waals surface area contributed by atoms with Crippen LogP contribution in [0.15, 0.2) is 29.3 Å². The summed E-state index contributed by atoms with van der Waals surface area (Å²) in [5.74, 6) is 0.612. The van der Waals surface area contributed by atoms with Crippen LogP contribution >= 0.6 is 0 Å². The Kier molecular flexibility index (Phi) is 7.36. The van der Waals surface area contributed by atoms with Crippen molar-refractivity contribution in [3.8, 4) is 0 Å². The average molecular weight is 308 g/mol. The van der Waals surface area contributed by atoms with E-state index in [0.29, 0.717) is 17.4 Å². The molecule has 1 aromatic rings. The third kappa shape index (κ3) is 6.56. The molecule has 0 radical (unpaired) electrons. The fourth-order valence-corrected chi connectivity index (χ4v) is 1.58. The SMILES string of the molecule is CC(C)CNC(=NCc1ccccc1F)NCC(=O)N(C)C. The van der Waals surface area contributed by atoms with Gasteiger partial charge in [-0.05, 0) is 12.0 Å². The van der Waals surface area contributed by atoms with Crippen molar-refractivity contribution in [3.63, 3.8) is 0 Å². The molecule has 0 spiro atoms. The number of guanidine groups is 1. The van der Waals surface area contributed by atoms with Crippen LogP contribution < -0.4 is 10.6 Å². The molecule has 0 aliphatic carbocycles. The molecule has 1 aromatic carbocycles. The van der Waals surface area contributed by atoms with Gasteiger partial charge in [0.25, 0.3) is 0 Å². The molecule has 122 valence electrons. The fraction of sp³-hybridized carbons (Fsp3) is 0.500. The van der Waals surface area contributed by atoms with Crippen LogP contribution in [0.25, 0.3) is 0 Å². The molecule has 22 heavy (non-hydrogen) atoms. The normalized spacial score (nSPS) is 11.5. The van der Waals surface area contributed by atoms with Gasteiger partial charge in [-0.25, -0.2) is 9.38 Å². The third-order valence-electron chi connectivity index (χ3n) is 2.95. The Labute approximate surface area is 131 Å². The number of amides is 1. The zero-order valence-electron chi connectivity index (χ0n) is 13.7. The lowest BCUT2D eigenvalue weighted by molar-refractivity contribution is -0.127. The molecule has 0 saturated heterocycles. The van der Waals surface area contributed by atoms with Gasteiger partial charge in [-0.1, -0.05) is 32.0 Å². The molecule has 0 aliphatic heterocycles. The van der Waals surface area contributed by atoms with Crippen LogP contribution in [0.3, 0.4) is 0 Å². The average Bonchev–Trinajstić information content (AvgIpc) is 2.47.